The molecule has 3 rings (SSSR count). The summed E-state index contributed by atoms with van der Waals surface area (Å²) in [7, 11) is 0. The number of benzene rings is 1. The topological polar surface area (TPSA) is 99.7 Å². The second kappa shape index (κ2) is 10.2. The summed E-state index contributed by atoms with van der Waals surface area (Å²) in [6.45, 7) is 0.668. The molecule has 2 unspecified atom stereocenters. The number of aliphatic carboxylic acids is 1. The smallest absolute Gasteiger partial charge is 0.333 e. The first kappa shape index (κ1) is 20.4. The van der Waals surface area contributed by atoms with Crippen LogP contribution in [0.1, 0.15) is 38.5 Å². The number of ether oxygens (including phenoxy) is 1. The SMILES string of the molecule is O=C(O)CCC/C=C\C[C@H]1C2CCC(O2)[C@H]1CNNC(=O)Nc1ccccc1. The van der Waals surface area contributed by atoms with Crippen molar-refractivity contribution in [1.82, 2.24) is 10.9 Å². The Morgan fingerprint density at radius 3 is 2.61 bits per heavy atom. The van der Waals surface area contributed by atoms with Crippen molar-refractivity contribution in [3.63, 3.8) is 0 Å². The van der Waals surface area contributed by atoms with E-state index in [-0.39, 0.29) is 18.6 Å². The van der Waals surface area contributed by atoms with Gasteiger partial charge in [0.2, 0.25) is 0 Å². The lowest BCUT2D eigenvalue weighted by atomic mass is 9.77. The lowest BCUT2D eigenvalue weighted by Gasteiger charge is -2.27. The zero-order valence-electron chi connectivity index (χ0n) is 16.0. The number of unbranched alkanes of at least 4 members (excludes halogenated alkanes) is 1. The molecule has 2 aliphatic rings. The summed E-state index contributed by atoms with van der Waals surface area (Å²) in [5.74, 6) is 0.0465. The van der Waals surface area contributed by atoms with Crippen LogP contribution in [0.4, 0.5) is 10.5 Å². The molecule has 0 aromatic heterocycles. The van der Waals surface area contributed by atoms with Gasteiger partial charge in [-0.25, -0.2) is 10.2 Å². The normalized spacial score (nSPS) is 25.9. The molecule has 0 aliphatic carbocycles. The van der Waals surface area contributed by atoms with E-state index in [0.29, 0.717) is 30.9 Å². The molecule has 4 N–H and O–H groups in total. The van der Waals surface area contributed by atoms with Gasteiger partial charge in [-0.2, -0.15) is 0 Å². The number of hydrazine groups is 1. The van der Waals surface area contributed by atoms with Gasteiger partial charge < -0.3 is 15.2 Å². The molecular weight excluding hydrogens is 358 g/mol. The Labute approximate surface area is 165 Å². The second-order valence-corrected chi connectivity index (χ2v) is 7.44. The summed E-state index contributed by atoms with van der Waals surface area (Å²) in [6.07, 6.45) is 9.54. The number of para-hydroxylation sites is 1. The van der Waals surface area contributed by atoms with Crippen LogP contribution in [0.25, 0.3) is 0 Å². The minimum atomic E-state index is -0.746. The first-order chi connectivity index (χ1) is 13.6. The summed E-state index contributed by atoms with van der Waals surface area (Å²) in [4.78, 5) is 22.5. The number of hydrogen-bond donors (Lipinski definition) is 4. The van der Waals surface area contributed by atoms with Gasteiger partial charge in [-0.15, -0.1) is 0 Å². The molecule has 2 amide bonds. The third kappa shape index (κ3) is 5.81. The van der Waals surface area contributed by atoms with E-state index in [4.69, 9.17) is 9.84 Å². The molecule has 2 aliphatic heterocycles. The summed E-state index contributed by atoms with van der Waals surface area (Å²) in [5.41, 5.74) is 6.50. The standard InChI is InChI=1S/C21H29N3O4/c25-20(26)11-7-2-1-6-10-16-17(19-13-12-18(16)28-19)14-22-24-21(27)23-15-8-4-3-5-9-15/h1,3-6,8-9,16-19,22H,2,7,10-14H2,(H,25,26)(H2,23,24,27)/b6-1-/t16-,17+,18?,19?/m1/s1. The number of nitrogens with one attached hydrogen (secondary N) is 3. The number of urea groups is 1. The third-order valence-corrected chi connectivity index (χ3v) is 5.50. The fourth-order valence-electron chi connectivity index (χ4n) is 4.16. The maximum atomic E-state index is 12.0. The number of carbonyl (C=O) groups excluding carboxylic acids is 1. The Kier molecular flexibility index (Phi) is 7.45. The van der Waals surface area contributed by atoms with Crippen molar-refractivity contribution in [2.75, 3.05) is 11.9 Å². The van der Waals surface area contributed by atoms with Crippen molar-refractivity contribution in [1.29, 1.82) is 0 Å². The molecule has 4 atom stereocenters. The van der Waals surface area contributed by atoms with E-state index >= 15 is 0 Å². The van der Waals surface area contributed by atoms with Gasteiger partial charge in [-0.1, -0.05) is 30.4 Å². The number of anilines is 1. The van der Waals surface area contributed by atoms with Crippen molar-refractivity contribution in [3.8, 4) is 0 Å². The molecule has 28 heavy (non-hydrogen) atoms. The molecule has 7 heteroatoms. The van der Waals surface area contributed by atoms with Crippen molar-refractivity contribution in [2.24, 2.45) is 11.8 Å². The lowest BCUT2D eigenvalue weighted by molar-refractivity contribution is -0.137. The van der Waals surface area contributed by atoms with E-state index in [2.05, 4.69) is 28.3 Å². The Morgan fingerprint density at radius 1 is 1.11 bits per heavy atom. The van der Waals surface area contributed by atoms with Crippen molar-refractivity contribution < 1.29 is 19.4 Å². The van der Waals surface area contributed by atoms with Crippen molar-refractivity contribution in [2.45, 2.75) is 50.7 Å². The van der Waals surface area contributed by atoms with Gasteiger partial charge in [-0.05, 0) is 50.2 Å². The average Bonchev–Trinajstić information content (AvgIpc) is 3.27. The molecule has 2 fully saturated rings. The molecule has 7 nitrogen and oxygen atoms in total. The van der Waals surface area contributed by atoms with Crippen LogP contribution in [0.3, 0.4) is 0 Å². The number of allylic oxidation sites excluding steroid dienone is 2. The highest BCUT2D eigenvalue weighted by molar-refractivity contribution is 5.88. The van der Waals surface area contributed by atoms with Crippen molar-refractivity contribution >= 4 is 17.7 Å². The predicted molar refractivity (Wildman–Crippen MR) is 107 cm³/mol. The Bertz CT molecular complexity index is 679. The number of fused-ring (bicyclic) bond motifs is 2. The predicted octanol–water partition coefficient (Wildman–Crippen LogP) is 3.31. The van der Waals surface area contributed by atoms with Crippen LogP contribution in [-0.4, -0.2) is 35.9 Å². The first-order valence-electron chi connectivity index (χ1n) is 10.0. The van der Waals surface area contributed by atoms with Gasteiger partial charge in [0.15, 0.2) is 0 Å². The number of rotatable bonds is 10. The molecule has 2 bridgehead atoms. The monoisotopic (exact) mass is 387 g/mol. The molecule has 2 saturated heterocycles. The van der Waals surface area contributed by atoms with Gasteiger partial charge in [0, 0.05) is 24.6 Å². The van der Waals surface area contributed by atoms with Crippen LogP contribution in [0.5, 0.6) is 0 Å². The van der Waals surface area contributed by atoms with E-state index in [1.807, 2.05) is 30.3 Å². The van der Waals surface area contributed by atoms with Gasteiger partial charge in [-0.3, -0.25) is 10.2 Å². The minimum absolute atomic E-state index is 0.213. The zero-order chi connectivity index (χ0) is 19.8. The van der Waals surface area contributed by atoms with Crippen LogP contribution in [0.2, 0.25) is 0 Å². The number of carboxylic acids is 1. The maximum Gasteiger partial charge on any atom is 0.333 e. The van der Waals surface area contributed by atoms with Crippen LogP contribution in [0.15, 0.2) is 42.5 Å². The van der Waals surface area contributed by atoms with Gasteiger partial charge in [0.25, 0.3) is 0 Å². The van der Waals surface area contributed by atoms with E-state index in [1.54, 1.807) is 0 Å². The van der Waals surface area contributed by atoms with Gasteiger partial charge in [0.1, 0.15) is 0 Å². The molecule has 2 heterocycles. The first-order valence-corrected chi connectivity index (χ1v) is 10.0. The highest BCUT2D eigenvalue weighted by Crippen LogP contribution is 2.44. The van der Waals surface area contributed by atoms with E-state index in [1.165, 1.54) is 0 Å². The van der Waals surface area contributed by atoms with E-state index in [9.17, 15) is 9.59 Å². The second-order valence-electron chi connectivity index (χ2n) is 7.44. The van der Waals surface area contributed by atoms with Crippen LogP contribution < -0.4 is 16.2 Å². The molecule has 1 aromatic rings. The summed E-state index contributed by atoms with van der Waals surface area (Å²) in [6, 6.07) is 9.03. The molecule has 152 valence electrons. The number of amides is 2. The number of carboxylic acid groups (broad SMARTS) is 1. The molecule has 0 radical (unpaired) electrons. The summed E-state index contributed by atoms with van der Waals surface area (Å²) < 4.78 is 6.08. The van der Waals surface area contributed by atoms with Crippen molar-refractivity contribution in [3.05, 3.63) is 42.5 Å². The van der Waals surface area contributed by atoms with Gasteiger partial charge in [0.05, 0.1) is 12.2 Å². The van der Waals surface area contributed by atoms with E-state index < -0.39 is 5.97 Å². The molecule has 0 saturated carbocycles. The summed E-state index contributed by atoms with van der Waals surface area (Å²) >= 11 is 0. The zero-order valence-corrected chi connectivity index (χ0v) is 16.0. The van der Waals surface area contributed by atoms with Crippen LogP contribution >= 0.6 is 0 Å². The average molecular weight is 387 g/mol. The van der Waals surface area contributed by atoms with Crippen LogP contribution in [-0.2, 0) is 9.53 Å². The quantitative estimate of drug-likeness (QED) is 0.280. The van der Waals surface area contributed by atoms with Gasteiger partial charge >= 0.3 is 12.0 Å². The third-order valence-electron chi connectivity index (χ3n) is 5.50. The fraction of sp³-hybridized carbons (Fsp3) is 0.524. The Morgan fingerprint density at radius 2 is 1.86 bits per heavy atom. The van der Waals surface area contributed by atoms with Crippen LogP contribution in [0, 0.1) is 11.8 Å². The van der Waals surface area contributed by atoms with E-state index in [0.717, 1.165) is 31.4 Å². The highest BCUT2D eigenvalue weighted by atomic mass is 16.5. The molecule has 1 aromatic carbocycles. The fourth-order valence-corrected chi connectivity index (χ4v) is 4.16. The Hall–Kier alpha value is -2.38. The molecular formula is C21H29N3O4. The largest absolute Gasteiger partial charge is 0.481 e. The minimum Gasteiger partial charge on any atom is -0.481 e. The Balaban J connectivity index is 1.40. The summed E-state index contributed by atoms with van der Waals surface area (Å²) in [5, 5.41) is 11.4. The number of carbonyl (C=O) groups is 2. The lowest BCUT2D eigenvalue weighted by Crippen LogP contribution is -2.45. The number of hydrogen-bond acceptors (Lipinski definition) is 4. The highest BCUT2D eigenvalue weighted by Gasteiger charge is 2.47. The maximum absolute atomic E-state index is 12.0. The molecule has 0 spiro atoms.